The largest absolute Gasteiger partial charge is 0.298 e. The normalized spacial score (nSPS) is 12.8. The van der Waals surface area contributed by atoms with Gasteiger partial charge in [-0.15, -0.1) is 0 Å². The molecule has 0 N–H and O–H groups in total. The van der Waals surface area contributed by atoms with E-state index >= 15 is 0 Å². The Hall–Kier alpha value is -1.15. The van der Waals surface area contributed by atoms with Crippen molar-refractivity contribution in [2.45, 2.75) is 26.8 Å². The molecule has 1 aromatic rings. The van der Waals surface area contributed by atoms with Crippen molar-refractivity contribution in [1.82, 2.24) is 4.90 Å². The summed E-state index contributed by atoms with van der Waals surface area (Å²) in [7, 11) is 0. The van der Waals surface area contributed by atoms with Crippen molar-refractivity contribution in [1.29, 1.82) is 0 Å². The van der Waals surface area contributed by atoms with E-state index in [4.69, 9.17) is 0 Å². The second-order valence-electron chi connectivity index (χ2n) is 3.65. The highest BCUT2D eigenvalue weighted by Crippen LogP contribution is 2.20. The molecule has 15 heavy (non-hydrogen) atoms. The Kier molecular flexibility index (Phi) is 4.50. The zero-order chi connectivity index (χ0) is 11.3. The lowest BCUT2D eigenvalue weighted by Gasteiger charge is -2.27. The SMILES string of the molecule is CCN(CC)[C@@H](C(C)=O)c1ccccc1. The van der Waals surface area contributed by atoms with Crippen LogP contribution < -0.4 is 0 Å². The molecule has 0 aromatic heterocycles. The Labute approximate surface area is 91.9 Å². The first-order valence-corrected chi connectivity index (χ1v) is 5.50. The summed E-state index contributed by atoms with van der Waals surface area (Å²) in [6.45, 7) is 7.63. The molecule has 0 saturated carbocycles. The molecule has 1 atom stereocenters. The summed E-state index contributed by atoms with van der Waals surface area (Å²) in [5, 5.41) is 0. The Morgan fingerprint density at radius 1 is 1.20 bits per heavy atom. The molecule has 0 fully saturated rings. The lowest BCUT2D eigenvalue weighted by atomic mass is 10.0. The molecular weight excluding hydrogens is 186 g/mol. The molecular formula is C13H19NO. The van der Waals surface area contributed by atoms with Crippen LogP contribution in [0.15, 0.2) is 30.3 Å². The molecule has 2 heteroatoms. The van der Waals surface area contributed by atoms with Gasteiger partial charge in [-0.25, -0.2) is 0 Å². The molecule has 0 amide bonds. The standard InChI is InChI=1S/C13H19NO/c1-4-14(5-2)13(11(3)15)12-9-7-6-8-10-12/h6-10,13H,4-5H2,1-3H3/t13-/m0/s1. The zero-order valence-corrected chi connectivity index (χ0v) is 9.73. The third kappa shape index (κ3) is 2.90. The molecule has 0 spiro atoms. The summed E-state index contributed by atoms with van der Waals surface area (Å²) < 4.78 is 0. The minimum Gasteiger partial charge on any atom is -0.298 e. The number of Topliss-reactive ketones (excluding diaryl/α,β-unsaturated/α-hetero) is 1. The summed E-state index contributed by atoms with van der Waals surface area (Å²) >= 11 is 0. The van der Waals surface area contributed by atoms with Crippen LogP contribution in [0, 0.1) is 0 Å². The van der Waals surface area contributed by atoms with Gasteiger partial charge in [0.15, 0.2) is 5.78 Å². The van der Waals surface area contributed by atoms with Gasteiger partial charge in [0.2, 0.25) is 0 Å². The third-order valence-electron chi connectivity index (χ3n) is 2.68. The van der Waals surface area contributed by atoms with Gasteiger partial charge in [-0.1, -0.05) is 44.2 Å². The highest BCUT2D eigenvalue weighted by molar-refractivity contribution is 5.82. The maximum absolute atomic E-state index is 11.7. The van der Waals surface area contributed by atoms with E-state index in [1.807, 2.05) is 30.3 Å². The van der Waals surface area contributed by atoms with E-state index in [2.05, 4.69) is 18.7 Å². The molecule has 2 nitrogen and oxygen atoms in total. The first-order chi connectivity index (χ1) is 7.20. The summed E-state index contributed by atoms with van der Waals surface area (Å²) in [6.07, 6.45) is 0. The van der Waals surface area contributed by atoms with Gasteiger partial charge in [-0.05, 0) is 25.6 Å². The van der Waals surface area contributed by atoms with Crippen molar-refractivity contribution in [2.75, 3.05) is 13.1 Å². The monoisotopic (exact) mass is 205 g/mol. The number of benzene rings is 1. The molecule has 0 aliphatic rings. The van der Waals surface area contributed by atoms with Gasteiger partial charge in [0, 0.05) is 0 Å². The Balaban J connectivity index is 2.97. The van der Waals surface area contributed by atoms with Crippen molar-refractivity contribution in [3.63, 3.8) is 0 Å². The Morgan fingerprint density at radius 2 is 1.73 bits per heavy atom. The van der Waals surface area contributed by atoms with Crippen molar-refractivity contribution >= 4 is 5.78 Å². The quantitative estimate of drug-likeness (QED) is 0.736. The molecule has 0 unspecified atom stereocenters. The van der Waals surface area contributed by atoms with Gasteiger partial charge in [0.1, 0.15) is 0 Å². The van der Waals surface area contributed by atoms with Gasteiger partial charge >= 0.3 is 0 Å². The predicted molar refractivity (Wildman–Crippen MR) is 62.8 cm³/mol. The van der Waals surface area contributed by atoms with Crippen LogP contribution >= 0.6 is 0 Å². The number of hydrogen-bond acceptors (Lipinski definition) is 2. The fraction of sp³-hybridized carbons (Fsp3) is 0.462. The smallest absolute Gasteiger partial charge is 0.151 e. The van der Waals surface area contributed by atoms with E-state index in [1.165, 1.54) is 0 Å². The lowest BCUT2D eigenvalue weighted by Crippen LogP contribution is -2.32. The lowest BCUT2D eigenvalue weighted by molar-refractivity contribution is -0.122. The minimum atomic E-state index is -0.0822. The van der Waals surface area contributed by atoms with Crippen molar-refractivity contribution < 1.29 is 4.79 Å². The van der Waals surface area contributed by atoms with Crippen LogP contribution in [0.2, 0.25) is 0 Å². The van der Waals surface area contributed by atoms with Crippen molar-refractivity contribution in [3.8, 4) is 0 Å². The van der Waals surface area contributed by atoms with Crippen LogP contribution in [0.3, 0.4) is 0 Å². The van der Waals surface area contributed by atoms with Crippen molar-refractivity contribution in [3.05, 3.63) is 35.9 Å². The topological polar surface area (TPSA) is 20.3 Å². The fourth-order valence-electron chi connectivity index (χ4n) is 1.93. The molecule has 1 rings (SSSR count). The Morgan fingerprint density at radius 3 is 2.13 bits per heavy atom. The molecule has 0 saturated heterocycles. The van der Waals surface area contributed by atoms with Crippen LogP contribution in [-0.4, -0.2) is 23.8 Å². The number of carbonyl (C=O) groups is 1. The van der Waals surface area contributed by atoms with Crippen LogP contribution in [0.4, 0.5) is 0 Å². The van der Waals surface area contributed by atoms with Gasteiger partial charge in [-0.3, -0.25) is 9.69 Å². The number of carbonyl (C=O) groups excluding carboxylic acids is 1. The second kappa shape index (κ2) is 5.66. The third-order valence-corrected chi connectivity index (χ3v) is 2.68. The average molecular weight is 205 g/mol. The maximum Gasteiger partial charge on any atom is 0.151 e. The number of nitrogens with zero attached hydrogens (tertiary/aromatic N) is 1. The predicted octanol–water partition coefficient (Wildman–Crippen LogP) is 2.66. The van der Waals surface area contributed by atoms with E-state index < -0.39 is 0 Å². The van der Waals surface area contributed by atoms with Crippen molar-refractivity contribution in [2.24, 2.45) is 0 Å². The first kappa shape index (κ1) is 11.9. The number of likely N-dealkylation sites (N-methyl/N-ethyl adjacent to an activating group) is 1. The summed E-state index contributed by atoms with van der Waals surface area (Å²) in [5.74, 6) is 0.213. The maximum atomic E-state index is 11.7. The van der Waals surface area contributed by atoms with Gasteiger partial charge < -0.3 is 0 Å². The van der Waals surface area contributed by atoms with E-state index in [1.54, 1.807) is 6.92 Å². The second-order valence-corrected chi connectivity index (χ2v) is 3.65. The average Bonchev–Trinajstić information content (AvgIpc) is 2.26. The van der Waals surface area contributed by atoms with Crippen LogP contribution in [0.25, 0.3) is 0 Å². The van der Waals surface area contributed by atoms with Gasteiger partial charge in [0.05, 0.1) is 6.04 Å². The van der Waals surface area contributed by atoms with E-state index in [9.17, 15) is 4.79 Å². The van der Waals surface area contributed by atoms with Gasteiger partial charge in [0.25, 0.3) is 0 Å². The molecule has 0 aliphatic carbocycles. The Bertz CT molecular complexity index is 304. The minimum absolute atomic E-state index is 0.0822. The summed E-state index contributed by atoms with van der Waals surface area (Å²) in [4.78, 5) is 13.8. The molecule has 0 bridgehead atoms. The van der Waals surface area contributed by atoms with Crippen LogP contribution in [0.1, 0.15) is 32.4 Å². The highest BCUT2D eigenvalue weighted by atomic mass is 16.1. The van der Waals surface area contributed by atoms with Gasteiger partial charge in [-0.2, -0.15) is 0 Å². The van der Waals surface area contributed by atoms with Crippen LogP contribution in [-0.2, 0) is 4.79 Å². The van der Waals surface area contributed by atoms with E-state index in [0.717, 1.165) is 18.7 Å². The van der Waals surface area contributed by atoms with E-state index in [-0.39, 0.29) is 11.8 Å². The fourth-order valence-corrected chi connectivity index (χ4v) is 1.93. The van der Waals surface area contributed by atoms with Crippen LogP contribution in [0.5, 0.6) is 0 Å². The van der Waals surface area contributed by atoms with E-state index in [0.29, 0.717) is 0 Å². The molecule has 82 valence electrons. The first-order valence-electron chi connectivity index (χ1n) is 5.50. The summed E-state index contributed by atoms with van der Waals surface area (Å²) in [5.41, 5.74) is 1.09. The number of hydrogen-bond donors (Lipinski definition) is 0. The number of rotatable bonds is 5. The number of ketones is 1. The summed E-state index contributed by atoms with van der Waals surface area (Å²) in [6, 6.07) is 9.89. The molecule has 0 radical (unpaired) electrons. The zero-order valence-electron chi connectivity index (χ0n) is 9.73. The molecule has 0 aliphatic heterocycles. The molecule has 1 aromatic carbocycles. The molecule has 0 heterocycles. The highest BCUT2D eigenvalue weighted by Gasteiger charge is 2.21.